The molecule has 1 aliphatic heterocycles. The number of benzene rings is 1. The highest BCUT2D eigenvalue weighted by Crippen LogP contribution is 2.27. The molecule has 3 rings (SSSR count). The van der Waals surface area contributed by atoms with Crippen molar-refractivity contribution in [1.82, 2.24) is 5.32 Å². The van der Waals surface area contributed by atoms with Crippen molar-refractivity contribution in [2.24, 2.45) is 5.41 Å². The lowest BCUT2D eigenvalue weighted by Crippen LogP contribution is -2.44. The van der Waals surface area contributed by atoms with Crippen LogP contribution < -0.4 is 10.1 Å². The van der Waals surface area contributed by atoms with Crippen LogP contribution in [0.15, 0.2) is 24.3 Å². The van der Waals surface area contributed by atoms with E-state index in [-0.39, 0.29) is 5.41 Å². The Morgan fingerprint density at radius 2 is 2.00 bits per heavy atom. The van der Waals surface area contributed by atoms with Crippen molar-refractivity contribution in [2.45, 2.75) is 32.4 Å². The van der Waals surface area contributed by atoms with Gasteiger partial charge in [0, 0.05) is 18.0 Å². The van der Waals surface area contributed by atoms with Gasteiger partial charge in [-0.05, 0) is 30.5 Å². The predicted octanol–water partition coefficient (Wildman–Crippen LogP) is 2.35. The smallest absolute Gasteiger partial charge is 0.119 e. The van der Waals surface area contributed by atoms with Crippen LogP contribution >= 0.6 is 0 Å². The number of rotatable bonds is 6. The summed E-state index contributed by atoms with van der Waals surface area (Å²) < 4.78 is 11.0. The first-order valence-electron chi connectivity index (χ1n) is 6.76. The summed E-state index contributed by atoms with van der Waals surface area (Å²) in [6, 6.07) is 9.17. The van der Waals surface area contributed by atoms with Gasteiger partial charge in [-0.25, -0.2) is 0 Å². The number of hydrogen-bond donors (Lipinski definition) is 1. The summed E-state index contributed by atoms with van der Waals surface area (Å²) in [5.74, 6) is 0.957. The van der Waals surface area contributed by atoms with Crippen LogP contribution in [0, 0.1) is 5.41 Å². The van der Waals surface area contributed by atoms with Crippen LogP contribution in [0.3, 0.4) is 0 Å². The molecule has 1 N–H and O–H groups in total. The van der Waals surface area contributed by atoms with Crippen molar-refractivity contribution < 1.29 is 9.47 Å². The van der Waals surface area contributed by atoms with E-state index in [0.29, 0.717) is 0 Å². The number of ether oxygens (including phenoxy) is 2. The van der Waals surface area contributed by atoms with Crippen LogP contribution in [0.5, 0.6) is 5.75 Å². The van der Waals surface area contributed by atoms with Crippen LogP contribution in [-0.4, -0.2) is 25.9 Å². The van der Waals surface area contributed by atoms with Gasteiger partial charge in [0.2, 0.25) is 0 Å². The van der Waals surface area contributed by atoms with Crippen LogP contribution in [0.4, 0.5) is 0 Å². The summed E-state index contributed by atoms with van der Waals surface area (Å²) in [5.41, 5.74) is 1.54. The van der Waals surface area contributed by atoms with E-state index in [1.54, 1.807) is 0 Å². The maximum absolute atomic E-state index is 5.81. The fourth-order valence-corrected chi connectivity index (χ4v) is 2.04. The summed E-state index contributed by atoms with van der Waals surface area (Å²) in [7, 11) is 0. The molecular weight excluding hydrogens is 226 g/mol. The van der Waals surface area contributed by atoms with Gasteiger partial charge in [0.05, 0.1) is 19.8 Å². The lowest BCUT2D eigenvalue weighted by Gasteiger charge is -2.37. The van der Waals surface area contributed by atoms with Crippen molar-refractivity contribution in [3.05, 3.63) is 29.8 Å². The van der Waals surface area contributed by atoms with Gasteiger partial charge in [-0.3, -0.25) is 0 Å². The average Bonchev–Trinajstić information content (AvgIpc) is 3.17. The third-order valence-corrected chi connectivity index (χ3v) is 3.58. The molecule has 0 aromatic heterocycles. The molecule has 0 unspecified atom stereocenters. The zero-order valence-corrected chi connectivity index (χ0v) is 10.9. The molecule has 18 heavy (non-hydrogen) atoms. The molecule has 0 atom stereocenters. The van der Waals surface area contributed by atoms with Crippen LogP contribution in [0.25, 0.3) is 0 Å². The number of hydrogen-bond acceptors (Lipinski definition) is 3. The van der Waals surface area contributed by atoms with Gasteiger partial charge in [0.1, 0.15) is 5.75 Å². The lowest BCUT2D eigenvalue weighted by molar-refractivity contribution is -0.120. The Kier molecular flexibility index (Phi) is 3.27. The summed E-state index contributed by atoms with van der Waals surface area (Å²) in [6.07, 6.45) is 2.67. The van der Waals surface area contributed by atoms with Crippen molar-refractivity contribution >= 4 is 0 Å². The molecular formula is C15H21NO2. The molecule has 1 aromatic rings. The Balaban J connectivity index is 1.47. The van der Waals surface area contributed by atoms with Gasteiger partial charge in [0.25, 0.3) is 0 Å². The average molecular weight is 247 g/mol. The Labute approximate surface area is 108 Å². The molecule has 3 nitrogen and oxygen atoms in total. The van der Waals surface area contributed by atoms with Crippen molar-refractivity contribution in [2.75, 3.05) is 19.8 Å². The highest BCUT2D eigenvalue weighted by Gasteiger charge is 2.34. The summed E-state index contributed by atoms with van der Waals surface area (Å²) in [6.45, 7) is 5.54. The second-order valence-electron chi connectivity index (χ2n) is 5.89. The molecule has 1 saturated heterocycles. The molecule has 2 fully saturated rings. The van der Waals surface area contributed by atoms with E-state index >= 15 is 0 Å². The van der Waals surface area contributed by atoms with E-state index in [4.69, 9.17) is 9.47 Å². The standard InChI is InChI=1S/C15H21NO2/c1-15(9-17-10-15)11-18-14-6-2-12(3-7-14)8-16-13-4-5-13/h2-3,6-7,13,16H,4-5,8-11H2,1H3. The van der Waals surface area contributed by atoms with Gasteiger partial charge in [0.15, 0.2) is 0 Å². The minimum atomic E-state index is 0.214. The summed E-state index contributed by atoms with van der Waals surface area (Å²) in [4.78, 5) is 0. The molecule has 2 aliphatic rings. The zero-order valence-electron chi connectivity index (χ0n) is 10.9. The van der Waals surface area contributed by atoms with E-state index in [9.17, 15) is 0 Å². The zero-order chi connectivity index (χ0) is 12.4. The van der Waals surface area contributed by atoms with E-state index in [2.05, 4.69) is 36.5 Å². The fourth-order valence-electron chi connectivity index (χ4n) is 2.04. The molecule has 1 aliphatic carbocycles. The fraction of sp³-hybridized carbons (Fsp3) is 0.600. The minimum Gasteiger partial charge on any atom is -0.493 e. The maximum Gasteiger partial charge on any atom is 0.119 e. The first-order valence-corrected chi connectivity index (χ1v) is 6.76. The number of nitrogens with one attached hydrogen (secondary N) is 1. The second-order valence-corrected chi connectivity index (χ2v) is 5.89. The molecule has 0 spiro atoms. The minimum absolute atomic E-state index is 0.214. The molecule has 0 radical (unpaired) electrons. The van der Waals surface area contributed by atoms with Gasteiger partial charge in [-0.2, -0.15) is 0 Å². The quantitative estimate of drug-likeness (QED) is 0.837. The largest absolute Gasteiger partial charge is 0.493 e. The van der Waals surface area contributed by atoms with Crippen molar-refractivity contribution in [1.29, 1.82) is 0 Å². The van der Waals surface area contributed by atoms with Gasteiger partial charge < -0.3 is 14.8 Å². The van der Waals surface area contributed by atoms with E-state index in [1.165, 1.54) is 18.4 Å². The highest BCUT2D eigenvalue weighted by molar-refractivity contribution is 5.27. The van der Waals surface area contributed by atoms with Crippen LogP contribution in [-0.2, 0) is 11.3 Å². The molecule has 98 valence electrons. The Bertz CT molecular complexity index is 393. The van der Waals surface area contributed by atoms with Gasteiger partial charge >= 0.3 is 0 Å². The molecule has 0 amide bonds. The lowest BCUT2D eigenvalue weighted by atomic mass is 9.90. The van der Waals surface area contributed by atoms with Gasteiger partial charge in [-0.15, -0.1) is 0 Å². The SMILES string of the molecule is CC1(COc2ccc(CNC3CC3)cc2)COC1. The van der Waals surface area contributed by atoms with E-state index in [1.807, 2.05) is 0 Å². The maximum atomic E-state index is 5.81. The van der Waals surface area contributed by atoms with Crippen LogP contribution in [0.1, 0.15) is 25.3 Å². The summed E-state index contributed by atoms with van der Waals surface area (Å²) >= 11 is 0. The first kappa shape index (κ1) is 12.0. The molecule has 1 heterocycles. The van der Waals surface area contributed by atoms with Gasteiger partial charge in [-0.1, -0.05) is 19.1 Å². The molecule has 1 saturated carbocycles. The van der Waals surface area contributed by atoms with Crippen molar-refractivity contribution in [3.63, 3.8) is 0 Å². The van der Waals surface area contributed by atoms with E-state index < -0.39 is 0 Å². The Hall–Kier alpha value is -1.06. The molecule has 3 heteroatoms. The molecule has 0 bridgehead atoms. The monoisotopic (exact) mass is 247 g/mol. The first-order chi connectivity index (χ1) is 8.73. The summed E-state index contributed by atoms with van der Waals surface area (Å²) in [5, 5.41) is 3.51. The Morgan fingerprint density at radius 1 is 1.28 bits per heavy atom. The predicted molar refractivity (Wildman–Crippen MR) is 70.7 cm³/mol. The molecule has 1 aromatic carbocycles. The van der Waals surface area contributed by atoms with Crippen LogP contribution in [0.2, 0.25) is 0 Å². The Morgan fingerprint density at radius 3 is 2.56 bits per heavy atom. The highest BCUT2D eigenvalue weighted by atomic mass is 16.5. The third kappa shape index (κ3) is 3.03. The second kappa shape index (κ2) is 4.90. The third-order valence-electron chi connectivity index (χ3n) is 3.58. The van der Waals surface area contributed by atoms with E-state index in [0.717, 1.165) is 38.2 Å². The normalized spacial score (nSPS) is 21.4. The topological polar surface area (TPSA) is 30.5 Å². The van der Waals surface area contributed by atoms with Crippen molar-refractivity contribution in [3.8, 4) is 5.75 Å².